The van der Waals surface area contributed by atoms with Gasteiger partial charge in [0.1, 0.15) is 0 Å². The first kappa shape index (κ1) is 14.8. The van der Waals surface area contributed by atoms with Crippen LogP contribution < -0.4 is 0 Å². The zero-order chi connectivity index (χ0) is 14.5. The number of aliphatic hydroxyl groups excluding tert-OH is 1. The summed E-state index contributed by atoms with van der Waals surface area (Å²) in [7, 11) is 0. The van der Waals surface area contributed by atoms with Gasteiger partial charge in [-0.2, -0.15) is 0 Å². The van der Waals surface area contributed by atoms with Gasteiger partial charge in [-0.3, -0.25) is 0 Å². The van der Waals surface area contributed by atoms with Gasteiger partial charge in [0.25, 0.3) is 0 Å². The molecule has 2 bridgehead atoms. The van der Waals surface area contributed by atoms with Crippen LogP contribution in [0.25, 0.3) is 0 Å². The van der Waals surface area contributed by atoms with Gasteiger partial charge in [0, 0.05) is 6.61 Å². The predicted molar refractivity (Wildman–Crippen MR) is 81.5 cm³/mol. The molecular formula is C18H32O2. The Kier molecular flexibility index (Phi) is 3.70. The molecule has 0 heterocycles. The first-order valence-electron chi connectivity index (χ1n) is 8.69. The lowest BCUT2D eigenvalue weighted by molar-refractivity contribution is -0.0838. The van der Waals surface area contributed by atoms with Gasteiger partial charge in [-0.15, -0.1) is 0 Å². The molecule has 0 spiro atoms. The summed E-state index contributed by atoms with van der Waals surface area (Å²) in [4.78, 5) is 0. The second kappa shape index (κ2) is 4.98. The van der Waals surface area contributed by atoms with Crippen molar-refractivity contribution in [1.29, 1.82) is 0 Å². The third-order valence-corrected chi connectivity index (χ3v) is 7.57. The Morgan fingerprint density at radius 3 is 2.40 bits per heavy atom. The third-order valence-electron chi connectivity index (χ3n) is 7.57. The van der Waals surface area contributed by atoms with E-state index in [1.807, 2.05) is 0 Å². The van der Waals surface area contributed by atoms with Crippen LogP contribution in [-0.2, 0) is 4.74 Å². The van der Waals surface area contributed by atoms with E-state index in [4.69, 9.17) is 4.74 Å². The monoisotopic (exact) mass is 280 g/mol. The summed E-state index contributed by atoms with van der Waals surface area (Å²) in [6.07, 6.45) is 7.39. The SMILES string of the molecule is CCOC1CCC(O)CC1[C@H]1C[C@@H]2CC[C@@]1(C)C2(C)C. The molecule has 0 radical (unpaired) electrons. The van der Waals surface area contributed by atoms with Crippen LogP contribution in [0.4, 0.5) is 0 Å². The Balaban J connectivity index is 1.84. The maximum Gasteiger partial charge on any atom is 0.0607 e. The first-order valence-corrected chi connectivity index (χ1v) is 8.69. The fraction of sp³-hybridized carbons (Fsp3) is 1.00. The van der Waals surface area contributed by atoms with Gasteiger partial charge in [-0.05, 0) is 74.0 Å². The number of ether oxygens (including phenoxy) is 1. The van der Waals surface area contributed by atoms with Crippen molar-refractivity contribution >= 4 is 0 Å². The molecule has 6 atom stereocenters. The minimum absolute atomic E-state index is 0.0949. The maximum atomic E-state index is 10.2. The molecule has 2 nitrogen and oxygen atoms in total. The Labute approximate surface area is 124 Å². The number of hydrogen-bond donors (Lipinski definition) is 1. The van der Waals surface area contributed by atoms with Gasteiger partial charge in [0.2, 0.25) is 0 Å². The van der Waals surface area contributed by atoms with Gasteiger partial charge in [0.15, 0.2) is 0 Å². The van der Waals surface area contributed by atoms with E-state index in [1.165, 1.54) is 19.3 Å². The molecule has 20 heavy (non-hydrogen) atoms. The lowest BCUT2D eigenvalue weighted by atomic mass is 9.60. The van der Waals surface area contributed by atoms with Crippen LogP contribution in [0.15, 0.2) is 0 Å². The Hall–Kier alpha value is -0.0800. The Bertz CT molecular complexity index is 364. The van der Waals surface area contributed by atoms with Crippen molar-refractivity contribution in [2.24, 2.45) is 28.6 Å². The van der Waals surface area contributed by atoms with Crippen LogP contribution in [0.2, 0.25) is 0 Å². The van der Waals surface area contributed by atoms with E-state index in [2.05, 4.69) is 27.7 Å². The van der Waals surface area contributed by atoms with Crippen LogP contribution in [0, 0.1) is 28.6 Å². The topological polar surface area (TPSA) is 29.5 Å². The fourth-order valence-corrected chi connectivity index (χ4v) is 5.91. The van der Waals surface area contributed by atoms with Crippen molar-refractivity contribution in [2.75, 3.05) is 6.61 Å². The fourth-order valence-electron chi connectivity index (χ4n) is 5.91. The molecule has 0 saturated heterocycles. The highest BCUT2D eigenvalue weighted by Crippen LogP contribution is 2.70. The van der Waals surface area contributed by atoms with Crippen molar-refractivity contribution in [2.45, 2.75) is 78.4 Å². The van der Waals surface area contributed by atoms with Gasteiger partial charge in [-0.25, -0.2) is 0 Å². The Morgan fingerprint density at radius 1 is 1.10 bits per heavy atom. The number of fused-ring (bicyclic) bond motifs is 2. The summed E-state index contributed by atoms with van der Waals surface area (Å²) >= 11 is 0. The molecule has 0 aromatic carbocycles. The van der Waals surface area contributed by atoms with Crippen LogP contribution in [-0.4, -0.2) is 23.9 Å². The molecule has 3 rings (SSSR count). The summed E-state index contributed by atoms with van der Waals surface area (Å²) in [6, 6.07) is 0. The highest BCUT2D eigenvalue weighted by atomic mass is 16.5. The van der Waals surface area contributed by atoms with Crippen LogP contribution >= 0.6 is 0 Å². The number of hydrogen-bond acceptors (Lipinski definition) is 2. The normalized spacial score (nSPS) is 50.5. The molecule has 3 fully saturated rings. The van der Waals surface area contributed by atoms with E-state index in [0.29, 0.717) is 22.9 Å². The minimum atomic E-state index is -0.0949. The molecular weight excluding hydrogens is 248 g/mol. The van der Waals surface area contributed by atoms with E-state index >= 15 is 0 Å². The first-order chi connectivity index (χ1) is 9.40. The lowest BCUT2D eigenvalue weighted by Gasteiger charge is -2.47. The molecule has 0 aromatic rings. The standard InChI is InChI=1S/C18H32O2/c1-5-20-16-7-6-13(19)11-14(16)15-10-12-8-9-18(15,4)17(12,2)3/h12-16,19H,5-11H2,1-4H3/t12-,13?,14?,15+,16?,18+/m0/s1. The van der Waals surface area contributed by atoms with Crippen LogP contribution in [0.1, 0.15) is 66.2 Å². The molecule has 0 amide bonds. The molecule has 0 aliphatic heterocycles. The van der Waals surface area contributed by atoms with Gasteiger partial charge in [-0.1, -0.05) is 20.8 Å². The summed E-state index contributed by atoms with van der Waals surface area (Å²) in [5.74, 6) is 2.22. The summed E-state index contributed by atoms with van der Waals surface area (Å²) in [6.45, 7) is 10.4. The predicted octanol–water partition coefficient (Wildman–Crippen LogP) is 4.01. The van der Waals surface area contributed by atoms with E-state index in [9.17, 15) is 5.11 Å². The summed E-state index contributed by atoms with van der Waals surface area (Å²) in [5.41, 5.74) is 0.922. The molecule has 116 valence electrons. The Morgan fingerprint density at radius 2 is 1.85 bits per heavy atom. The van der Waals surface area contributed by atoms with Crippen molar-refractivity contribution in [3.63, 3.8) is 0 Å². The molecule has 1 N–H and O–H groups in total. The van der Waals surface area contributed by atoms with Crippen molar-refractivity contribution < 1.29 is 9.84 Å². The molecule has 3 aliphatic carbocycles. The molecule has 3 saturated carbocycles. The zero-order valence-corrected chi connectivity index (χ0v) is 13.7. The highest BCUT2D eigenvalue weighted by Gasteiger charge is 2.63. The molecule has 3 aliphatic rings. The molecule has 3 unspecified atom stereocenters. The van der Waals surface area contributed by atoms with Crippen molar-refractivity contribution in [3.8, 4) is 0 Å². The van der Waals surface area contributed by atoms with Crippen LogP contribution in [0.5, 0.6) is 0 Å². The van der Waals surface area contributed by atoms with Crippen molar-refractivity contribution in [3.05, 3.63) is 0 Å². The van der Waals surface area contributed by atoms with E-state index in [0.717, 1.165) is 37.7 Å². The zero-order valence-electron chi connectivity index (χ0n) is 13.7. The van der Waals surface area contributed by atoms with Gasteiger partial charge in [0.05, 0.1) is 12.2 Å². The second-order valence-corrected chi connectivity index (χ2v) is 8.34. The molecule has 2 heteroatoms. The lowest BCUT2D eigenvalue weighted by Crippen LogP contribution is -2.44. The largest absolute Gasteiger partial charge is 0.393 e. The minimum Gasteiger partial charge on any atom is -0.393 e. The molecule has 0 aromatic heterocycles. The highest BCUT2D eigenvalue weighted by molar-refractivity contribution is 5.12. The van der Waals surface area contributed by atoms with Crippen LogP contribution in [0.3, 0.4) is 0 Å². The van der Waals surface area contributed by atoms with E-state index in [-0.39, 0.29) is 6.10 Å². The quantitative estimate of drug-likeness (QED) is 0.846. The summed E-state index contributed by atoms with van der Waals surface area (Å²) in [5, 5.41) is 10.2. The van der Waals surface area contributed by atoms with E-state index < -0.39 is 0 Å². The maximum absolute atomic E-state index is 10.2. The number of aliphatic hydroxyl groups is 1. The van der Waals surface area contributed by atoms with Gasteiger partial charge < -0.3 is 9.84 Å². The second-order valence-electron chi connectivity index (χ2n) is 8.34. The van der Waals surface area contributed by atoms with Gasteiger partial charge >= 0.3 is 0 Å². The number of rotatable bonds is 3. The average Bonchev–Trinajstić information content (AvgIpc) is 2.73. The smallest absolute Gasteiger partial charge is 0.0607 e. The third kappa shape index (κ3) is 1.98. The average molecular weight is 280 g/mol. The van der Waals surface area contributed by atoms with Crippen molar-refractivity contribution in [1.82, 2.24) is 0 Å². The summed E-state index contributed by atoms with van der Waals surface area (Å²) < 4.78 is 6.07. The van der Waals surface area contributed by atoms with E-state index in [1.54, 1.807) is 0 Å².